The van der Waals surface area contributed by atoms with Crippen LogP contribution in [0.4, 0.5) is 0 Å². The molecule has 0 spiro atoms. The molecule has 0 saturated carbocycles. The van der Waals surface area contributed by atoms with Crippen LogP contribution in [0.5, 0.6) is 5.75 Å². The van der Waals surface area contributed by atoms with Crippen molar-refractivity contribution in [2.45, 2.75) is 6.92 Å². The summed E-state index contributed by atoms with van der Waals surface area (Å²) in [5.74, 6) is 0.879. The van der Waals surface area contributed by atoms with E-state index >= 15 is 0 Å². The highest BCUT2D eigenvalue weighted by Gasteiger charge is 2.17. The minimum atomic E-state index is 0.712. The quantitative estimate of drug-likeness (QED) is 0.489. The van der Waals surface area contributed by atoms with Crippen molar-refractivity contribution in [3.8, 4) is 5.75 Å². The van der Waals surface area contributed by atoms with Crippen LogP contribution in [0.3, 0.4) is 0 Å². The molecule has 0 bridgehead atoms. The van der Waals surface area contributed by atoms with Gasteiger partial charge in [-0.3, -0.25) is 0 Å². The van der Waals surface area contributed by atoms with Crippen LogP contribution in [0.15, 0.2) is 46.9 Å². The summed E-state index contributed by atoms with van der Waals surface area (Å²) < 4.78 is 11.5. The fourth-order valence-corrected chi connectivity index (χ4v) is 3.37. The van der Waals surface area contributed by atoms with Crippen LogP contribution in [-0.4, -0.2) is 7.11 Å². The van der Waals surface area contributed by atoms with Gasteiger partial charge in [0.1, 0.15) is 16.7 Å². The molecule has 3 aromatic carbocycles. The van der Waals surface area contributed by atoms with E-state index in [1.165, 1.54) is 0 Å². The molecule has 2 nitrogen and oxygen atoms in total. The van der Waals surface area contributed by atoms with Gasteiger partial charge in [-0.05, 0) is 35.4 Å². The molecule has 0 aliphatic rings. The average molecular weight is 288 g/mol. The number of furan rings is 1. The van der Waals surface area contributed by atoms with Gasteiger partial charge < -0.3 is 9.15 Å². The van der Waals surface area contributed by atoms with Crippen molar-refractivity contribution in [1.29, 1.82) is 0 Å². The topological polar surface area (TPSA) is 22.4 Å². The third kappa shape index (κ3) is 1.55. The second-order valence-corrected chi connectivity index (χ2v) is 5.38. The Bertz CT molecular complexity index is 1080. The lowest BCUT2D eigenvalue weighted by Crippen LogP contribution is -1.96. The molecule has 0 unspecified atom stereocenters. The lowest BCUT2D eigenvalue weighted by atomic mass is 9.93. The summed E-state index contributed by atoms with van der Waals surface area (Å²) in [7, 11) is 1.71. The zero-order valence-corrected chi connectivity index (χ0v) is 12.6. The monoisotopic (exact) mass is 288 g/mol. The maximum atomic E-state index is 5.89. The maximum Gasteiger partial charge on any atom is 0.136 e. The summed E-state index contributed by atoms with van der Waals surface area (Å²) in [6.07, 6.45) is 4.16. The van der Waals surface area contributed by atoms with Gasteiger partial charge in [-0.25, -0.2) is 0 Å². The van der Waals surface area contributed by atoms with Gasteiger partial charge in [-0.2, -0.15) is 0 Å². The molecule has 0 saturated heterocycles. The van der Waals surface area contributed by atoms with Gasteiger partial charge >= 0.3 is 0 Å². The summed E-state index contributed by atoms with van der Waals surface area (Å²) in [5, 5.41) is 5.63. The van der Waals surface area contributed by atoms with Crippen molar-refractivity contribution in [3.05, 3.63) is 53.5 Å². The second-order valence-electron chi connectivity index (χ2n) is 5.38. The molecule has 4 aromatic rings. The molecule has 0 aliphatic heterocycles. The zero-order valence-electron chi connectivity index (χ0n) is 12.6. The van der Waals surface area contributed by atoms with Crippen molar-refractivity contribution in [3.63, 3.8) is 0 Å². The van der Waals surface area contributed by atoms with E-state index in [-0.39, 0.29) is 0 Å². The lowest BCUT2D eigenvalue weighted by Gasteiger charge is -2.12. The van der Waals surface area contributed by atoms with E-state index in [0.717, 1.165) is 43.8 Å². The number of hydrogen-bond acceptors (Lipinski definition) is 2. The van der Waals surface area contributed by atoms with Crippen LogP contribution in [0.25, 0.3) is 45.2 Å². The average Bonchev–Trinajstić information content (AvgIpc) is 2.88. The molecule has 0 N–H and O–H groups in total. The molecule has 1 aromatic heterocycles. The van der Waals surface area contributed by atoms with Crippen molar-refractivity contribution in [1.82, 2.24) is 0 Å². The molecule has 4 rings (SSSR count). The second kappa shape index (κ2) is 4.63. The Morgan fingerprint density at radius 1 is 1.00 bits per heavy atom. The van der Waals surface area contributed by atoms with Crippen LogP contribution in [0, 0.1) is 0 Å². The molecule has 1 heterocycles. The predicted octanol–water partition coefficient (Wildman–Crippen LogP) is 4.91. The lowest BCUT2D eigenvalue weighted by molar-refractivity contribution is 0.420. The third-order valence-corrected chi connectivity index (χ3v) is 4.20. The first kappa shape index (κ1) is 13.0. The molecule has 0 radical (unpaired) electrons. The van der Waals surface area contributed by atoms with E-state index in [4.69, 9.17) is 9.15 Å². The van der Waals surface area contributed by atoms with E-state index in [0.29, 0.717) is 5.42 Å². The van der Waals surface area contributed by atoms with Gasteiger partial charge in [-0.1, -0.05) is 43.0 Å². The minimum Gasteiger partial charge on any atom is -0.496 e. The Labute approximate surface area is 128 Å². The smallest absolute Gasteiger partial charge is 0.136 e. The third-order valence-electron chi connectivity index (χ3n) is 4.20. The first-order chi connectivity index (χ1) is 10.8. The largest absolute Gasteiger partial charge is 0.496 e. The summed E-state index contributed by atoms with van der Waals surface area (Å²) in [4.78, 5) is 0. The van der Waals surface area contributed by atoms with Crippen LogP contribution in [-0.2, 0) is 0 Å². The first-order valence-electron chi connectivity index (χ1n) is 7.31. The van der Waals surface area contributed by atoms with E-state index in [2.05, 4.69) is 24.8 Å². The number of fused-ring (bicyclic) bond motifs is 2. The molecule has 22 heavy (non-hydrogen) atoms. The van der Waals surface area contributed by atoms with Gasteiger partial charge in [-0.15, -0.1) is 0 Å². The Hall–Kier alpha value is -2.74. The molecule has 2 heteroatoms. The van der Waals surface area contributed by atoms with E-state index in [1.54, 1.807) is 7.11 Å². The highest BCUT2D eigenvalue weighted by Crippen LogP contribution is 2.40. The zero-order chi connectivity index (χ0) is 15.3. The van der Waals surface area contributed by atoms with Gasteiger partial charge in [0, 0.05) is 16.2 Å². The van der Waals surface area contributed by atoms with E-state index in [1.807, 2.05) is 37.3 Å². The summed E-state index contributed by atoms with van der Waals surface area (Å²) in [5.41, 5.74) is 2.72. The molecular formula is C20H16O2. The van der Waals surface area contributed by atoms with Gasteiger partial charge in [0.25, 0.3) is 0 Å². The standard InChI is InChI=1S/C20H16O2/c1-4-7-13-14-8-5-10-16(21-3)19(14)15-9-6-11-17-20(15)18(13)12(2)22-17/h4-11H,2H2,1,3H3/b7-4-. The van der Waals surface area contributed by atoms with Gasteiger partial charge in [0.15, 0.2) is 0 Å². The molecule has 0 amide bonds. The number of rotatable bonds is 2. The number of ether oxygens (including phenoxy) is 1. The SMILES string of the molecule is C=c1oc2cccc3c4c(OC)cccc4c(/C=C\C)c1c23. The summed E-state index contributed by atoms with van der Waals surface area (Å²) in [6.45, 7) is 6.12. The number of methoxy groups -OCH3 is 1. The number of benzene rings is 3. The first-order valence-corrected chi connectivity index (χ1v) is 7.31. The van der Waals surface area contributed by atoms with Crippen molar-refractivity contribution in [2.24, 2.45) is 0 Å². The predicted molar refractivity (Wildman–Crippen MR) is 93.2 cm³/mol. The molecule has 108 valence electrons. The fraction of sp³-hybridized carbons (Fsp3) is 0.100. The Morgan fingerprint density at radius 2 is 1.77 bits per heavy atom. The van der Waals surface area contributed by atoms with Crippen LogP contribution < -0.4 is 10.2 Å². The Balaban J connectivity index is 2.45. The van der Waals surface area contributed by atoms with Crippen LogP contribution >= 0.6 is 0 Å². The molecular weight excluding hydrogens is 272 g/mol. The van der Waals surface area contributed by atoms with Crippen LogP contribution in [0.1, 0.15) is 12.5 Å². The van der Waals surface area contributed by atoms with Crippen molar-refractivity contribution >= 4 is 45.2 Å². The Morgan fingerprint density at radius 3 is 2.55 bits per heavy atom. The molecule has 0 aliphatic carbocycles. The van der Waals surface area contributed by atoms with Gasteiger partial charge in [0.2, 0.25) is 0 Å². The molecule has 0 fully saturated rings. The normalized spacial score (nSPS) is 12.1. The Kier molecular flexibility index (Phi) is 2.73. The highest BCUT2D eigenvalue weighted by molar-refractivity contribution is 6.25. The summed E-state index contributed by atoms with van der Waals surface area (Å²) in [6, 6.07) is 12.3. The highest BCUT2D eigenvalue weighted by atomic mass is 16.5. The minimum absolute atomic E-state index is 0.712. The van der Waals surface area contributed by atoms with Crippen molar-refractivity contribution in [2.75, 3.05) is 7.11 Å². The van der Waals surface area contributed by atoms with E-state index < -0.39 is 0 Å². The number of allylic oxidation sites excluding steroid dienone is 1. The summed E-state index contributed by atoms with van der Waals surface area (Å²) >= 11 is 0. The van der Waals surface area contributed by atoms with Crippen molar-refractivity contribution < 1.29 is 9.15 Å². The van der Waals surface area contributed by atoms with Crippen LogP contribution in [0.2, 0.25) is 0 Å². The molecule has 0 atom stereocenters. The van der Waals surface area contributed by atoms with E-state index in [9.17, 15) is 0 Å². The fourth-order valence-electron chi connectivity index (χ4n) is 3.37. The van der Waals surface area contributed by atoms with Gasteiger partial charge in [0.05, 0.1) is 7.11 Å². The number of hydrogen-bond donors (Lipinski definition) is 0. The maximum absolute atomic E-state index is 5.89.